The zero-order valence-electron chi connectivity index (χ0n) is 8.22. The van der Waals surface area contributed by atoms with Crippen molar-refractivity contribution in [3.8, 4) is 5.88 Å². The summed E-state index contributed by atoms with van der Waals surface area (Å²) in [6.07, 6.45) is 5.81. The van der Waals surface area contributed by atoms with Crippen molar-refractivity contribution in [3.05, 3.63) is 16.0 Å². The van der Waals surface area contributed by atoms with Crippen molar-refractivity contribution in [2.45, 2.75) is 32.1 Å². The number of aryl methyl sites for hydroxylation is 1. The van der Waals surface area contributed by atoms with Crippen molar-refractivity contribution in [1.82, 2.24) is 9.97 Å². The number of hydrogen-bond donors (Lipinski definition) is 0. The molecule has 0 aromatic carbocycles. The molecule has 0 spiro atoms. The zero-order valence-corrected chi connectivity index (χ0v) is 9.80. The van der Waals surface area contributed by atoms with E-state index in [2.05, 4.69) is 25.9 Å². The molecule has 1 heterocycles. The molecule has 14 heavy (non-hydrogen) atoms. The number of methoxy groups -OCH3 is 1. The van der Waals surface area contributed by atoms with Gasteiger partial charge in [0.2, 0.25) is 5.88 Å². The molecule has 0 atom stereocenters. The summed E-state index contributed by atoms with van der Waals surface area (Å²) in [5, 5.41) is 0. The molecule has 1 aliphatic carbocycles. The maximum Gasteiger partial charge on any atom is 0.220 e. The molecule has 0 saturated heterocycles. The van der Waals surface area contributed by atoms with Crippen LogP contribution in [0.25, 0.3) is 0 Å². The predicted molar refractivity (Wildman–Crippen MR) is 57.5 cm³/mol. The van der Waals surface area contributed by atoms with Crippen molar-refractivity contribution < 1.29 is 4.74 Å². The van der Waals surface area contributed by atoms with Crippen molar-refractivity contribution in [2.75, 3.05) is 7.11 Å². The largest absolute Gasteiger partial charge is 0.481 e. The summed E-state index contributed by atoms with van der Waals surface area (Å²) in [6, 6.07) is 0. The molecule has 0 aliphatic heterocycles. The summed E-state index contributed by atoms with van der Waals surface area (Å²) < 4.78 is 5.90. The Morgan fingerprint density at radius 2 is 1.93 bits per heavy atom. The third-order valence-electron chi connectivity index (χ3n) is 2.56. The van der Waals surface area contributed by atoms with Crippen LogP contribution in [0.3, 0.4) is 0 Å². The van der Waals surface area contributed by atoms with Crippen LogP contribution >= 0.6 is 15.9 Å². The highest BCUT2D eigenvalue weighted by Gasteiger charge is 2.16. The van der Waals surface area contributed by atoms with E-state index < -0.39 is 0 Å². The Balaban J connectivity index is 2.46. The summed E-state index contributed by atoms with van der Waals surface area (Å²) in [4.78, 5) is 8.64. The van der Waals surface area contributed by atoms with Crippen LogP contribution in [-0.2, 0) is 12.8 Å². The molecule has 0 radical (unpaired) electrons. The quantitative estimate of drug-likeness (QED) is 0.572. The van der Waals surface area contributed by atoms with E-state index in [1.165, 1.54) is 24.8 Å². The number of fused-ring (bicyclic) bond motifs is 1. The van der Waals surface area contributed by atoms with E-state index in [9.17, 15) is 0 Å². The Morgan fingerprint density at radius 1 is 1.14 bits per heavy atom. The number of ether oxygens (including phenoxy) is 1. The van der Waals surface area contributed by atoms with Crippen molar-refractivity contribution in [2.24, 2.45) is 0 Å². The van der Waals surface area contributed by atoms with Crippen LogP contribution in [0.15, 0.2) is 4.73 Å². The minimum Gasteiger partial charge on any atom is -0.481 e. The molecule has 0 unspecified atom stereocenters. The minimum absolute atomic E-state index is 0.634. The van der Waals surface area contributed by atoms with Gasteiger partial charge in [0.1, 0.15) is 0 Å². The standard InChI is InChI=1S/C10H13BrN2O/c1-14-9-7-5-3-2-4-6-8(7)12-10(11)13-9/h2-6H2,1H3. The lowest BCUT2D eigenvalue weighted by Gasteiger charge is -2.09. The second-order valence-electron chi connectivity index (χ2n) is 3.49. The Labute approximate surface area is 92.0 Å². The van der Waals surface area contributed by atoms with E-state index in [0.717, 1.165) is 24.4 Å². The molecule has 1 aromatic rings. The fourth-order valence-corrected chi connectivity index (χ4v) is 2.25. The van der Waals surface area contributed by atoms with Gasteiger partial charge in [-0.1, -0.05) is 6.42 Å². The fraction of sp³-hybridized carbons (Fsp3) is 0.600. The van der Waals surface area contributed by atoms with E-state index in [1.54, 1.807) is 7.11 Å². The summed E-state index contributed by atoms with van der Waals surface area (Å²) in [5.74, 6) is 0.740. The van der Waals surface area contributed by atoms with Gasteiger partial charge in [0.05, 0.1) is 12.8 Å². The van der Waals surface area contributed by atoms with Crippen LogP contribution in [0.2, 0.25) is 0 Å². The molecular weight excluding hydrogens is 244 g/mol. The lowest BCUT2D eigenvalue weighted by Crippen LogP contribution is -2.02. The third-order valence-corrected chi connectivity index (χ3v) is 2.92. The third kappa shape index (κ3) is 1.90. The van der Waals surface area contributed by atoms with E-state index in [-0.39, 0.29) is 0 Å². The van der Waals surface area contributed by atoms with Crippen LogP contribution in [-0.4, -0.2) is 17.1 Å². The first-order chi connectivity index (χ1) is 6.81. The SMILES string of the molecule is COc1nc(Br)nc2c1CCCCC2. The number of aromatic nitrogens is 2. The molecule has 0 bridgehead atoms. The maximum absolute atomic E-state index is 5.27. The molecule has 1 aromatic heterocycles. The van der Waals surface area contributed by atoms with Crippen LogP contribution in [0.4, 0.5) is 0 Å². The van der Waals surface area contributed by atoms with Crippen LogP contribution in [0.1, 0.15) is 30.5 Å². The van der Waals surface area contributed by atoms with Crippen molar-refractivity contribution >= 4 is 15.9 Å². The first kappa shape index (κ1) is 9.90. The zero-order chi connectivity index (χ0) is 9.97. The highest BCUT2D eigenvalue weighted by molar-refractivity contribution is 9.10. The van der Waals surface area contributed by atoms with Crippen LogP contribution in [0.5, 0.6) is 5.88 Å². The molecule has 3 nitrogen and oxygen atoms in total. The highest BCUT2D eigenvalue weighted by atomic mass is 79.9. The van der Waals surface area contributed by atoms with E-state index in [4.69, 9.17) is 4.74 Å². The minimum atomic E-state index is 0.634. The number of nitrogens with zero attached hydrogens (tertiary/aromatic N) is 2. The molecular formula is C10H13BrN2O. The first-order valence-electron chi connectivity index (χ1n) is 4.90. The summed E-state index contributed by atoms with van der Waals surface area (Å²) >= 11 is 3.31. The second kappa shape index (κ2) is 4.26. The normalized spacial score (nSPS) is 15.9. The summed E-state index contributed by atoms with van der Waals surface area (Å²) in [7, 11) is 1.67. The average Bonchev–Trinajstić information content (AvgIpc) is 2.41. The second-order valence-corrected chi connectivity index (χ2v) is 4.20. The van der Waals surface area contributed by atoms with Gasteiger partial charge in [-0.2, -0.15) is 4.98 Å². The first-order valence-corrected chi connectivity index (χ1v) is 5.70. The molecule has 4 heteroatoms. The van der Waals surface area contributed by atoms with Crippen LogP contribution < -0.4 is 4.74 Å². The molecule has 0 saturated carbocycles. The Morgan fingerprint density at radius 3 is 2.71 bits per heavy atom. The van der Waals surface area contributed by atoms with E-state index in [1.807, 2.05) is 0 Å². The van der Waals surface area contributed by atoms with Gasteiger partial charge in [0, 0.05) is 5.56 Å². The van der Waals surface area contributed by atoms with Crippen LogP contribution in [0, 0.1) is 0 Å². The fourth-order valence-electron chi connectivity index (χ4n) is 1.88. The van der Waals surface area contributed by atoms with Crippen molar-refractivity contribution in [1.29, 1.82) is 0 Å². The lowest BCUT2D eigenvalue weighted by molar-refractivity contribution is 0.389. The number of hydrogen-bond acceptors (Lipinski definition) is 3. The molecule has 0 amide bonds. The van der Waals surface area contributed by atoms with Gasteiger partial charge >= 0.3 is 0 Å². The van der Waals surface area contributed by atoms with Gasteiger partial charge in [0.15, 0.2) is 4.73 Å². The van der Waals surface area contributed by atoms with Gasteiger partial charge in [-0.25, -0.2) is 4.98 Å². The number of rotatable bonds is 1. The van der Waals surface area contributed by atoms with Gasteiger partial charge in [-0.15, -0.1) is 0 Å². The Hall–Kier alpha value is -0.640. The predicted octanol–water partition coefficient (Wildman–Crippen LogP) is 2.52. The monoisotopic (exact) mass is 256 g/mol. The molecule has 2 rings (SSSR count). The molecule has 1 aliphatic rings. The maximum atomic E-state index is 5.27. The van der Waals surface area contributed by atoms with E-state index in [0.29, 0.717) is 4.73 Å². The smallest absolute Gasteiger partial charge is 0.220 e. The van der Waals surface area contributed by atoms with Gasteiger partial charge in [0.25, 0.3) is 0 Å². The molecule has 0 N–H and O–H groups in total. The van der Waals surface area contributed by atoms with Gasteiger partial charge < -0.3 is 4.74 Å². The Kier molecular flexibility index (Phi) is 3.01. The number of halogens is 1. The molecule has 0 fully saturated rings. The van der Waals surface area contributed by atoms with Crippen molar-refractivity contribution in [3.63, 3.8) is 0 Å². The lowest BCUT2D eigenvalue weighted by atomic mass is 10.1. The molecule has 76 valence electrons. The summed E-state index contributed by atoms with van der Waals surface area (Å²) in [5.41, 5.74) is 2.36. The van der Waals surface area contributed by atoms with Gasteiger partial charge in [-0.3, -0.25) is 0 Å². The summed E-state index contributed by atoms with van der Waals surface area (Å²) in [6.45, 7) is 0. The topological polar surface area (TPSA) is 35.0 Å². The van der Waals surface area contributed by atoms with E-state index >= 15 is 0 Å². The average molecular weight is 257 g/mol. The Bertz CT molecular complexity index is 341. The highest BCUT2D eigenvalue weighted by Crippen LogP contribution is 2.27. The van der Waals surface area contributed by atoms with Gasteiger partial charge in [-0.05, 0) is 41.6 Å².